The minimum absolute atomic E-state index is 0.123. The SMILES string of the molecule is CCOC(=O)c1sc(NC(=O)CSc2nnc(C(C)Oc3cccc(C)c3C)n2CC)nc1C. The molecular weight excluding hydrogens is 474 g/mol. The smallest absolute Gasteiger partial charge is 0.350 e. The Labute approximate surface area is 207 Å². The van der Waals surface area contributed by atoms with E-state index in [-0.39, 0.29) is 24.4 Å². The highest BCUT2D eigenvalue weighted by Crippen LogP contribution is 2.28. The second-order valence-corrected chi connectivity index (χ2v) is 9.48. The van der Waals surface area contributed by atoms with Gasteiger partial charge in [-0.3, -0.25) is 4.79 Å². The molecule has 3 aromatic rings. The largest absolute Gasteiger partial charge is 0.482 e. The summed E-state index contributed by atoms with van der Waals surface area (Å²) in [5, 5.41) is 12.3. The summed E-state index contributed by atoms with van der Waals surface area (Å²) in [5.41, 5.74) is 2.78. The van der Waals surface area contributed by atoms with Gasteiger partial charge >= 0.3 is 5.97 Å². The number of carbonyl (C=O) groups excluding carboxylic acids is 2. The van der Waals surface area contributed by atoms with Crippen LogP contribution in [0.25, 0.3) is 0 Å². The Balaban J connectivity index is 1.63. The highest BCUT2D eigenvalue weighted by molar-refractivity contribution is 7.99. The zero-order valence-electron chi connectivity index (χ0n) is 20.2. The number of aryl methyl sites for hydroxylation is 2. The molecule has 0 aliphatic heterocycles. The summed E-state index contributed by atoms with van der Waals surface area (Å²) in [4.78, 5) is 29.1. The van der Waals surface area contributed by atoms with Crippen molar-refractivity contribution in [2.24, 2.45) is 0 Å². The van der Waals surface area contributed by atoms with E-state index >= 15 is 0 Å². The molecule has 9 nitrogen and oxygen atoms in total. The number of hydrogen-bond donors (Lipinski definition) is 1. The minimum atomic E-state index is -0.437. The molecule has 1 amide bonds. The number of rotatable bonds is 10. The lowest BCUT2D eigenvalue weighted by atomic mass is 10.1. The van der Waals surface area contributed by atoms with Gasteiger partial charge < -0.3 is 19.4 Å². The molecule has 1 atom stereocenters. The number of aromatic nitrogens is 4. The Hall–Kier alpha value is -2.92. The Morgan fingerprint density at radius 3 is 2.68 bits per heavy atom. The molecule has 34 heavy (non-hydrogen) atoms. The number of thiazole rings is 1. The van der Waals surface area contributed by atoms with Crippen LogP contribution >= 0.6 is 23.1 Å². The van der Waals surface area contributed by atoms with Crippen molar-refractivity contribution in [1.82, 2.24) is 19.7 Å². The van der Waals surface area contributed by atoms with E-state index in [4.69, 9.17) is 9.47 Å². The first kappa shape index (κ1) is 25.7. The first-order valence-electron chi connectivity index (χ1n) is 11.0. The number of amides is 1. The molecular formula is C23H29N5O4S2. The van der Waals surface area contributed by atoms with Gasteiger partial charge in [-0.1, -0.05) is 35.2 Å². The van der Waals surface area contributed by atoms with E-state index in [0.29, 0.717) is 33.2 Å². The lowest BCUT2D eigenvalue weighted by Crippen LogP contribution is -2.15. The molecule has 0 aliphatic carbocycles. The molecule has 1 unspecified atom stereocenters. The Bertz CT molecular complexity index is 1170. The number of esters is 1. The van der Waals surface area contributed by atoms with Gasteiger partial charge in [0.1, 0.15) is 10.6 Å². The number of ether oxygens (including phenoxy) is 2. The molecule has 0 radical (unpaired) electrons. The van der Waals surface area contributed by atoms with Gasteiger partial charge in [0.05, 0.1) is 18.1 Å². The predicted octanol–water partition coefficient (Wildman–Crippen LogP) is 4.73. The number of carbonyl (C=O) groups is 2. The summed E-state index contributed by atoms with van der Waals surface area (Å²) in [6, 6.07) is 5.96. The van der Waals surface area contributed by atoms with Crippen LogP contribution in [0.1, 0.15) is 59.2 Å². The van der Waals surface area contributed by atoms with Gasteiger partial charge in [0.15, 0.2) is 22.2 Å². The molecule has 0 aliphatic rings. The Kier molecular flexibility index (Phi) is 8.67. The van der Waals surface area contributed by atoms with Gasteiger partial charge in [0.2, 0.25) is 5.91 Å². The summed E-state index contributed by atoms with van der Waals surface area (Å²) >= 11 is 2.38. The van der Waals surface area contributed by atoms with Crippen molar-refractivity contribution in [3.05, 3.63) is 45.7 Å². The summed E-state index contributed by atoms with van der Waals surface area (Å²) in [6.07, 6.45) is -0.310. The number of hydrogen-bond acceptors (Lipinski definition) is 9. The fourth-order valence-electron chi connectivity index (χ4n) is 3.22. The van der Waals surface area contributed by atoms with Gasteiger partial charge in [-0.05, 0) is 58.7 Å². The van der Waals surface area contributed by atoms with Crippen LogP contribution in [-0.4, -0.2) is 44.0 Å². The van der Waals surface area contributed by atoms with Crippen molar-refractivity contribution in [3.63, 3.8) is 0 Å². The summed E-state index contributed by atoms with van der Waals surface area (Å²) < 4.78 is 13.1. The lowest BCUT2D eigenvalue weighted by molar-refractivity contribution is -0.113. The van der Waals surface area contributed by atoms with E-state index in [0.717, 1.165) is 28.2 Å². The van der Waals surface area contributed by atoms with E-state index < -0.39 is 5.97 Å². The number of nitrogens with zero attached hydrogens (tertiary/aromatic N) is 4. The fourth-order valence-corrected chi connectivity index (χ4v) is 4.91. The molecule has 1 aromatic carbocycles. The van der Waals surface area contributed by atoms with E-state index in [9.17, 15) is 9.59 Å². The van der Waals surface area contributed by atoms with Crippen molar-refractivity contribution in [2.75, 3.05) is 17.7 Å². The number of nitrogens with one attached hydrogen (secondary N) is 1. The van der Waals surface area contributed by atoms with Crippen molar-refractivity contribution in [2.45, 2.75) is 59.3 Å². The summed E-state index contributed by atoms with van der Waals surface area (Å²) in [5.74, 6) is 0.945. The first-order chi connectivity index (χ1) is 16.2. The van der Waals surface area contributed by atoms with E-state index in [2.05, 4.69) is 20.5 Å². The molecule has 3 rings (SSSR count). The van der Waals surface area contributed by atoms with E-state index in [1.165, 1.54) is 11.8 Å². The third-order valence-electron chi connectivity index (χ3n) is 5.12. The van der Waals surface area contributed by atoms with Crippen molar-refractivity contribution >= 4 is 40.1 Å². The topological polar surface area (TPSA) is 108 Å². The molecule has 2 aromatic heterocycles. The average molecular weight is 504 g/mol. The number of anilines is 1. The maximum atomic E-state index is 12.5. The first-order valence-corrected chi connectivity index (χ1v) is 12.8. The van der Waals surface area contributed by atoms with Crippen LogP contribution < -0.4 is 10.1 Å². The maximum Gasteiger partial charge on any atom is 0.350 e. The van der Waals surface area contributed by atoms with Crippen LogP contribution in [0, 0.1) is 20.8 Å². The van der Waals surface area contributed by atoms with Crippen LogP contribution in [0.2, 0.25) is 0 Å². The van der Waals surface area contributed by atoms with Crippen molar-refractivity contribution in [3.8, 4) is 5.75 Å². The second-order valence-electron chi connectivity index (χ2n) is 7.53. The van der Waals surface area contributed by atoms with Gasteiger partial charge in [0, 0.05) is 6.54 Å². The summed E-state index contributed by atoms with van der Waals surface area (Å²) in [7, 11) is 0. The third-order valence-corrected chi connectivity index (χ3v) is 7.14. The Morgan fingerprint density at radius 2 is 1.97 bits per heavy atom. The van der Waals surface area contributed by atoms with Gasteiger partial charge in [0.25, 0.3) is 0 Å². The Morgan fingerprint density at radius 1 is 1.21 bits per heavy atom. The highest BCUT2D eigenvalue weighted by Gasteiger charge is 2.21. The van der Waals surface area contributed by atoms with Crippen LogP contribution in [-0.2, 0) is 16.1 Å². The van der Waals surface area contributed by atoms with Crippen molar-refractivity contribution < 1.29 is 19.1 Å². The highest BCUT2D eigenvalue weighted by atomic mass is 32.2. The molecule has 0 bridgehead atoms. The van der Waals surface area contributed by atoms with E-state index in [1.807, 2.05) is 50.5 Å². The van der Waals surface area contributed by atoms with E-state index in [1.54, 1.807) is 13.8 Å². The fraction of sp³-hybridized carbons (Fsp3) is 0.435. The van der Waals surface area contributed by atoms with Crippen LogP contribution in [0.4, 0.5) is 5.13 Å². The molecule has 0 saturated carbocycles. The average Bonchev–Trinajstić information content (AvgIpc) is 3.38. The quantitative estimate of drug-likeness (QED) is 0.313. The number of thioether (sulfide) groups is 1. The second kappa shape index (κ2) is 11.5. The molecule has 11 heteroatoms. The molecule has 182 valence electrons. The van der Waals surface area contributed by atoms with Gasteiger partial charge in [-0.25, -0.2) is 9.78 Å². The monoisotopic (exact) mass is 503 g/mol. The number of benzene rings is 1. The van der Waals surface area contributed by atoms with Crippen molar-refractivity contribution in [1.29, 1.82) is 0 Å². The zero-order valence-corrected chi connectivity index (χ0v) is 21.8. The minimum Gasteiger partial charge on any atom is -0.482 e. The molecule has 2 heterocycles. The molecule has 0 saturated heterocycles. The van der Waals surface area contributed by atoms with Gasteiger partial charge in [-0.15, -0.1) is 10.2 Å². The van der Waals surface area contributed by atoms with Crippen LogP contribution in [0.15, 0.2) is 23.4 Å². The predicted molar refractivity (Wildman–Crippen MR) is 133 cm³/mol. The van der Waals surface area contributed by atoms with Crippen LogP contribution in [0.3, 0.4) is 0 Å². The maximum absolute atomic E-state index is 12.5. The molecule has 1 N–H and O–H groups in total. The third kappa shape index (κ3) is 5.95. The lowest BCUT2D eigenvalue weighted by Gasteiger charge is -2.17. The molecule has 0 spiro atoms. The standard InChI is InChI=1S/C23H29N5O4S2/c1-7-28-20(16(6)32-17-11-9-10-13(3)14(17)4)26-27-23(28)33-12-18(29)25-22-24-15(5)19(34-22)21(30)31-8-2/h9-11,16H,7-8,12H2,1-6H3,(H,24,25,29). The summed E-state index contributed by atoms with van der Waals surface area (Å²) in [6.45, 7) is 12.4. The van der Waals surface area contributed by atoms with Gasteiger partial charge in [-0.2, -0.15) is 0 Å². The normalized spacial score (nSPS) is 11.8. The van der Waals surface area contributed by atoms with Crippen LogP contribution in [0.5, 0.6) is 5.75 Å². The zero-order chi connectivity index (χ0) is 24.8. The molecule has 0 fully saturated rings.